The van der Waals surface area contributed by atoms with Crippen LogP contribution in [0.2, 0.25) is 0 Å². The molecule has 0 saturated carbocycles. The van der Waals surface area contributed by atoms with Crippen LogP contribution >= 0.6 is 15.9 Å². The Balaban J connectivity index is 1.67. The molecule has 166 valence electrons. The summed E-state index contributed by atoms with van der Waals surface area (Å²) in [6.45, 7) is 0.513. The summed E-state index contributed by atoms with van der Waals surface area (Å²) in [5, 5.41) is 19.9. The Bertz CT molecular complexity index is 1020. The van der Waals surface area contributed by atoms with Crippen LogP contribution in [0.5, 0.6) is 0 Å². The van der Waals surface area contributed by atoms with Crippen LogP contribution in [0, 0.1) is 5.82 Å². The van der Waals surface area contributed by atoms with Gasteiger partial charge in [-0.25, -0.2) is 14.0 Å². The summed E-state index contributed by atoms with van der Waals surface area (Å²) in [6.07, 6.45) is 0. The maximum Gasteiger partial charge on any atom is 0.312 e. The van der Waals surface area contributed by atoms with Crippen molar-refractivity contribution in [2.75, 3.05) is 39.0 Å². The van der Waals surface area contributed by atoms with Crippen molar-refractivity contribution in [1.29, 1.82) is 0 Å². The van der Waals surface area contributed by atoms with Crippen LogP contribution in [0.15, 0.2) is 32.3 Å². The standard InChI is InChI=1S/C17H20BrFN8O4/c1-26(2)15(28)16(29)27-7-17(20,8-27)6-21-13-12(24-31-25-13)14(23-30)22-9-3-4-11(19)10(18)5-9/h3-5,30H,6-8,20H2,1-2H3,(H,21,25)(H,22,23). The van der Waals surface area contributed by atoms with Crippen LogP contribution in [-0.4, -0.2) is 82.2 Å². The van der Waals surface area contributed by atoms with Gasteiger partial charge in [0.1, 0.15) is 5.82 Å². The number of benzene rings is 1. The summed E-state index contributed by atoms with van der Waals surface area (Å²) in [5.41, 5.74) is 7.73. The van der Waals surface area contributed by atoms with Crippen molar-refractivity contribution >= 4 is 45.1 Å². The number of halogens is 2. The van der Waals surface area contributed by atoms with Gasteiger partial charge < -0.3 is 20.9 Å². The Morgan fingerprint density at radius 1 is 1.42 bits per heavy atom. The third kappa shape index (κ3) is 4.98. The first-order valence-corrected chi connectivity index (χ1v) is 9.73. The van der Waals surface area contributed by atoms with Gasteiger partial charge in [0.25, 0.3) is 0 Å². The predicted octanol–water partition coefficient (Wildman–Crippen LogP) is 0.0681. The van der Waals surface area contributed by atoms with Gasteiger partial charge in [0.15, 0.2) is 11.5 Å². The van der Waals surface area contributed by atoms with E-state index in [4.69, 9.17) is 10.4 Å². The molecule has 0 radical (unpaired) electrons. The molecule has 0 spiro atoms. The number of aromatic nitrogens is 2. The number of hydroxylamine groups is 1. The van der Waals surface area contributed by atoms with Gasteiger partial charge >= 0.3 is 11.8 Å². The lowest BCUT2D eigenvalue weighted by Gasteiger charge is -2.47. The number of hydrogen-bond donors (Lipinski definition) is 4. The third-order valence-corrected chi connectivity index (χ3v) is 5.07. The minimum Gasteiger partial charge on any atom is -0.363 e. The van der Waals surface area contributed by atoms with Crippen LogP contribution < -0.4 is 16.5 Å². The molecular formula is C17H20BrFN8O4. The first kappa shape index (κ1) is 22.6. The van der Waals surface area contributed by atoms with Gasteiger partial charge in [-0.05, 0) is 44.4 Å². The van der Waals surface area contributed by atoms with E-state index in [-0.39, 0.29) is 41.5 Å². The highest BCUT2D eigenvalue weighted by Crippen LogP contribution is 2.24. The van der Waals surface area contributed by atoms with Gasteiger partial charge in [0.05, 0.1) is 15.7 Å². The average Bonchev–Trinajstić information content (AvgIpc) is 3.18. The number of rotatable bonds is 5. The minimum absolute atomic E-state index is 0.0570. The molecule has 1 fully saturated rings. The third-order valence-electron chi connectivity index (χ3n) is 4.46. The van der Waals surface area contributed by atoms with Crippen molar-refractivity contribution in [3.05, 3.63) is 34.2 Å². The highest BCUT2D eigenvalue weighted by Gasteiger charge is 2.44. The number of amidine groups is 1. The summed E-state index contributed by atoms with van der Waals surface area (Å²) in [5.74, 6) is -1.67. The molecule has 0 aliphatic carbocycles. The van der Waals surface area contributed by atoms with Gasteiger partial charge in [-0.3, -0.25) is 20.3 Å². The first-order valence-electron chi connectivity index (χ1n) is 8.93. The number of nitrogens with two attached hydrogens (primary N) is 1. The Morgan fingerprint density at radius 2 is 2.13 bits per heavy atom. The second-order valence-corrected chi connectivity index (χ2v) is 8.06. The van der Waals surface area contributed by atoms with E-state index in [0.29, 0.717) is 5.69 Å². The second-order valence-electron chi connectivity index (χ2n) is 7.21. The molecule has 2 aromatic rings. The lowest BCUT2D eigenvalue weighted by Crippen LogP contribution is -2.72. The van der Waals surface area contributed by atoms with Crippen LogP contribution in [0.4, 0.5) is 15.9 Å². The summed E-state index contributed by atoms with van der Waals surface area (Å²) >= 11 is 3.06. The average molecular weight is 499 g/mol. The van der Waals surface area contributed by atoms with E-state index in [1.165, 1.54) is 42.1 Å². The van der Waals surface area contributed by atoms with E-state index in [1.54, 1.807) is 0 Å². The largest absolute Gasteiger partial charge is 0.363 e. The maximum atomic E-state index is 13.4. The summed E-state index contributed by atoms with van der Waals surface area (Å²) in [7, 11) is 2.99. The van der Waals surface area contributed by atoms with Crippen LogP contribution in [0.25, 0.3) is 0 Å². The molecule has 0 unspecified atom stereocenters. The lowest BCUT2D eigenvalue weighted by molar-refractivity contribution is -0.154. The van der Waals surface area contributed by atoms with Crippen molar-refractivity contribution < 1.29 is 23.8 Å². The zero-order chi connectivity index (χ0) is 22.8. The number of carbonyl (C=O) groups excluding carboxylic acids is 2. The molecule has 1 aliphatic rings. The van der Waals surface area contributed by atoms with Crippen molar-refractivity contribution in [1.82, 2.24) is 25.6 Å². The van der Waals surface area contributed by atoms with E-state index in [2.05, 4.69) is 36.6 Å². The molecule has 12 nitrogen and oxygen atoms in total. The molecule has 0 bridgehead atoms. The van der Waals surface area contributed by atoms with Crippen LogP contribution in [0.1, 0.15) is 5.69 Å². The summed E-state index contributed by atoms with van der Waals surface area (Å²) in [4.78, 5) is 30.5. The van der Waals surface area contributed by atoms with Crippen molar-refractivity contribution in [2.45, 2.75) is 5.54 Å². The lowest BCUT2D eigenvalue weighted by atomic mass is 9.90. The van der Waals surface area contributed by atoms with Gasteiger partial charge in [0.2, 0.25) is 5.82 Å². The molecule has 31 heavy (non-hydrogen) atoms. The molecule has 0 atom stereocenters. The van der Waals surface area contributed by atoms with Crippen LogP contribution in [0.3, 0.4) is 0 Å². The highest BCUT2D eigenvalue weighted by atomic mass is 79.9. The number of amides is 2. The maximum absolute atomic E-state index is 13.4. The van der Waals surface area contributed by atoms with Gasteiger partial charge in [-0.2, -0.15) is 0 Å². The van der Waals surface area contributed by atoms with Gasteiger partial charge in [-0.1, -0.05) is 0 Å². The first-order chi connectivity index (χ1) is 14.6. The monoisotopic (exact) mass is 498 g/mol. The van der Waals surface area contributed by atoms with Crippen LogP contribution in [-0.2, 0) is 9.59 Å². The number of carbonyl (C=O) groups is 2. The van der Waals surface area contributed by atoms with Crippen molar-refractivity contribution in [3.63, 3.8) is 0 Å². The van der Waals surface area contributed by atoms with Gasteiger partial charge in [0, 0.05) is 33.7 Å². The molecule has 14 heteroatoms. The van der Waals surface area contributed by atoms with E-state index in [1.807, 2.05) is 5.48 Å². The Morgan fingerprint density at radius 3 is 2.74 bits per heavy atom. The minimum atomic E-state index is -0.801. The molecule has 3 rings (SSSR count). The van der Waals surface area contributed by atoms with E-state index >= 15 is 0 Å². The second kappa shape index (κ2) is 8.95. The quantitative estimate of drug-likeness (QED) is 0.193. The highest BCUT2D eigenvalue weighted by molar-refractivity contribution is 9.10. The number of likely N-dealkylation sites (N-methyl/N-ethyl adjacent to an activating group) is 1. The summed E-state index contributed by atoms with van der Waals surface area (Å²) < 4.78 is 18.3. The van der Waals surface area contributed by atoms with E-state index in [9.17, 15) is 19.2 Å². The Hall–Kier alpha value is -3.10. The topological polar surface area (TPSA) is 162 Å². The number of nitrogens with one attached hydrogen (secondary N) is 2. The number of aliphatic imine (C=N–C) groups is 1. The zero-order valence-corrected chi connectivity index (χ0v) is 18.2. The molecule has 1 aliphatic heterocycles. The molecule has 2 heterocycles. The SMILES string of the molecule is CN(C)C(=O)C(=O)N1CC(N)(CNc2nonc2C(=Nc2ccc(F)c(Br)c2)NO)C1. The fourth-order valence-corrected chi connectivity index (χ4v) is 3.20. The Kier molecular flexibility index (Phi) is 6.52. The molecule has 1 aromatic heterocycles. The number of hydrogen-bond acceptors (Lipinski definition) is 9. The smallest absolute Gasteiger partial charge is 0.312 e. The number of anilines is 1. The molecule has 1 aromatic carbocycles. The molecular weight excluding hydrogens is 479 g/mol. The van der Waals surface area contributed by atoms with Gasteiger partial charge in [-0.15, -0.1) is 0 Å². The predicted molar refractivity (Wildman–Crippen MR) is 110 cm³/mol. The zero-order valence-electron chi connectivity index (χ0n) is 16.6. The fourth-order valence-electron chi connectivity index (χ4n) is 2.83. The number of likely N-dealkylation sites (tertiary alicyclic amines) is 1. The van der Waals surface area contributed by atoms with E-state index in [0.717, 1.165) is 0 Å². The van der Waals surface area contributed by atoms with Crippen molar-refractivity contribution in [2.24, 2.45) is 10.7 Å². The fraction of sp³-hybridized carbons (Fsp3) is 0.353. The summed E-state index contributed by atoms with van der Waals surface area (Å²) in [6, 6.07) is 4.03. The Labute approximate surface area is 184 Å². The normalized spacial score (nSPS) is 15.3. The van der Waals surface area contributed by atoms with Crippen molar-refractivity contribution in [3.8, 4) is 0 Å². The number of nitrogens with zero attached hydrogens (tertiary/aromatic N) is 5. The molecule has 2 amide bonds. The molecule has 5 N–H and O–H groups in total. The van der Waals surface area contributed by atoms with E-state index < -0.39 is 23.2 Å². The molecule has 1 saturated heterocycles.